The summed E-state index contributed by atoms with van der Waals surface area (Å²) in [4.78, 5) is 0. The van der Waals surface area contributed by atoms with E-state index >= 15 is 0 Å². The Morgan fingerprint density at radius 3 is 2.62 bits per heavy atom. The van der Waals surface area contributed by atoms with E-state index in [9.17, 15) is 8.42 Å². The second kappa shape index (κ2) is 6.42. The second-order valence-corrected chi connectivity index (χ2v) is 9.27. The molecule has 1 aromatic carbocycles. The minimum absolute atomic E-state index is 0.0565. The molecule has 0 radical (unpaired) electrons. The van der Waals surface area contributed by atoms with Crippen molar-refractivity contribution < 1.29 is 8.42 Å². The van der Waals surface area contributed by atoms with Gasteiger partial charge in [0, 0.05) is 6.54 Å². The number of nitrogens with zero attached hydrogens (tertiary/aromatic N) is 2. The van der Waals surface area contributed by atoms with Gasteiger partial charge in [0.25, 0.3) is 0 Å². The zero-order valence-corrected chi connectivity index (χ0v) is 15.4. The fourth-order valence-corrected chi connectivity index (χ4v) is 5.76. The lowest BCUT2D eigenvalue weighted by atomic mass is 9.85. The third-order valence-electron chi connectivity index (χ3n) is 5.33. The topological polar surface area (TPSA) is 61.2 Å². The quantitative estimate of drug-likeness (QED) is 0.707. The fraction of sp³-hybridized carbons (Fsp3) is 0.500. The fourth-order valence-electron chi connectivity index (χ4n) is 3.65. The summed E-state index contributed by atoms with van der Waals surface area (Å²) in [7, 11) is -3.49. The number of nitriles is 1. The van der Waals surface area contributed by atoms with E-state index in [4.69, 9.17) is 16.9 Å². The van der Waals surface area contributed by atoms with Gasteiger partial charge in [-0.05, 0) is 62.6 Å². The molecule has 4 rings (SSSR count). The summed E-state index contributed by atoms with van der Waals surface area (Å²) in [5.74, 6) is 0.486. The van der Waals surface area contributed by atoms with Gasteiger partial charge in [-0.15, -0.1) is 0 Å². The third kappa shape index (κ3) is 2.82. The highest BCUT2D eigenvalue weighted by atomic mass is 35.5. The summed E-state index contributed by atoms with van der Waals surface area (Å²) >= 11 is 6.27. The van der Waals surface area contributed by atoms with Gasteiger partial charge >= 0.3 is 0 Å². The van der Waals surface area contributed by atoms with Gasteiger partial charge < -0.3 is 0 Å². The van der Waals surface area contributed by atoms with Crippen LogP contribution >= 0.6 is 11.6 Å². The number of benzene rings is 1. The summed E-state index contributed by atoms with van der Waals surface area (Å²) in [5.41, 5.74) is 1.60. The van der Waals surface area contributed by atoms with Crippen LogP contribution in [-0.2, 0) is 10.0 Å². The van der Waals surface area contributed by atoms with Gasteiger partial charge in [-0.3, -0.25) is 4.31 Å². The summed E-state index contributed by atoms with van der Waals surface area (Å²) in [6.45, 7) is 4.01. The SMILES string of the molecule is Cc1c(N2CC[C@H]3C=C[C@H](CC3)[C@H](C)S2(=O)=O)ccc(C#N)c1Cl. The van der Waals surface area contributed by atoms with E-state index in [0.717, 1.165) is 19.3 Å². The number of anilines is 1. The molecule has 0 spiro atoms. The highest BCUT2D eigenvalue weighted by Crippen LogP contribution is 2.38. The predicted molar refractivity (Wildman–Crippen MR) is 96.6 cm³/mol. The zero-order chi connectivity index (χ0) is 17.5. The molecule has 2 bridgehead atoms. The Bertz CT molecular complexity index is 826. The lowest BCUT2D eigenvalue weighted by Crippen LogP contribution is -2.41. The van der Waals surface area contributed by atoms with Crippen molar-refractivity contribution in [1.29, 1.82) is 5.26 Å². The van der Waals surface area contributed by atoms with Gasteiger partial charge in [0.1, 0.15) is 6.07 Å². The minimum Gasteiger partial charge on any atom is -0.270 e. The van der Waals surface area contributed by atoms with Gasteiger partial charge in [0.05, 0.1) is 21.5 Å². The van der Waals surface area contributed by atoms with Gasteiger partial charge in [-0.2, -0.15) is 5.26 Å². The largest absolute Gasteiger partial charge is 0.270 e. The molecule has 3 atom stereocenters. The zero-order valence-electron chi connectivity index (χ0n) is 13.9. The molecule has 0 unspecified atom stereocenters. The van der Waals surface area contributed by atoms with Crippen molar-refractivity contribution in [3.63, 3.8) is 0 Å². The number of sulfonamides is 1. The maximum absolute atomic E-state index is 13.2. The van der Waals surface area contributed by atoms with E-state index < -0.39 is 15.3 Å². The van der Waals surface area contributed by atoms with E-state index in [0.29, 0.717) is 34.3 Å². The normalized spacial score (nSPS) is 28.8. The number of hydrogen-bond donors (Lipinski definition) is 0. The molecule has 6 heteroatoms. The van der Waals surface area contributed by atoms with Crippen molar-refractivity contribution in [2.75, 3.05) is 10.8 Å². The summed E-state index contributed by atoms with van der Waals surface area (Å²) in [6.07, 6.45) is 7.03. The molecule has 2 aliphatic heterocycles. The third-order valence-corrected chi connectivity index (χ3v) is 8.10. The number of allylic oxidation sites excluding steroid dienone is 2. The molecule has 2 heterocycles. The number of fused-ring (bicyclic) bond motifs is 5. The highest BCUT2D eigenvalue weighted by molar-refractivity contribution is 7.93. The van der Waals surface area contributed by atoms with E-state index in [-0.39, 0.29) is 5.92 Å². The van der Waals surface area contributed by atoms with Crippen molar-refractivity contribution in [1.82, 2.24) is 0 Å². The van der Waals surface area contributed by atoms with Crippen molar-refractivity contribution in [3.8, 4) is 6.07 Å². The second-order valence-electron chi connectivity index (χ2n) is 6.68. The molecule has 128 valence electrons. The van der Waals surface area contributed by atoms with Crippen molar-refractivity contribution in [3.05, 3.63) is 40.4 Å². The Balaban J connectivity index is 2.10. The smallest absolute Gasteiger partial charge is 0.238 e. The van der Waals surface area contributed by atoms with Crippen LogP contribution in [0.5, 0.6) is 0 Å². The number of halogens is 1. The van der Waals surface area contributed by atoms with Gasteiger partial charge in [0.2, 0.25) is 10.0 Å². The summed E-state index contributed by atoms with van der Waals surface area (Å²) in [5, 5.41) is 8.97. The van der Waals surface area contributed by atoms with Crippen LogP contribution in [0.3, 0.4) is 0 Å². The van der Waals surface area contributed by atoms with E-state index in [1.807, 2.05) is 6.07 Å². The molecule has 4 nitrogen and oxygen atoms in total. The molecule has 1 fully saturated rings. The molecule has 0 N–H and O–H groups in total. The molecule has 24 heavy (non-hydrogen) atoms. The first-order valence-electron chi connectivity index (χ1n) is 8.25. The van der Waals surface area contributed by atoms with Gasteiger partial charge in [-0.1, -0.05) is 23.8 Å². The van der Waals surface area contributed by atoms with Gasteiger partial charge in [-0.25, -0.2) is 8.42 Å². The van der Waals surface area contributed by atoms with E-state index in [1.54, 1.807) is 26.0 Å². The molecule has 0 saturated carbocycles. The molecule has 1 aromatic rings. The Kier molecular flexibility index (Phi) is 4.63. The molecule has 3 aliphatic rings. The molecular formula is C18H21ClN2O2S. The molecular weight excluding hydrogens is 344 g/mol. The van der Waals surface area contributed by atoms with Crippen LogP contribution in [-0.4, -0.2) is 20.2 Å². The van der Waals surface area contributed by atoms with Crippen molar-refractivity contribution in [2.24, 2.45) is 11.8 Å². The first-order chi connectivity index (χ1) is 11.4. The number of rotatable bonds is 1. The summed E-state index contributed by atoms with van der Waals surface area (Å²) in [6, 6.07) is 5.35. The van der Waals surface area contributed by atoms with Crippen LogP contribution in [0, 0.1) is 30.1 Å². The molecule has 1 saturated heterocycles. The lowest BCUT2D eigenvalue weighted by molar-refractivity contribution is 0.440. The number of hydrogen-bond acceptors (Lipinski definition) is 3. The minimum atomic E-state index is -3.49. The standard InChI is InChI=1S/C18H21ClN2O2S/c1-12-17(8-7-16(11-20)18(12)19)21-10-9-14-3-5-15(6-4-14)13(2)24(21,22)23/h3,5,7-8,13-15H,4,6,9-10H2,1-2H3/t13-,14-,15+/m0/s1. The van der Waals surface area contributed by atoms with Gasteiger partial charge in [0.15, 0.2) is 0 Å². The van der Waals surface area contributed by atoms with Crippen LogP contribution in [0.4, 0.5) is 5.69 Å². The van der Waals surface area contributed by atoms with Crippen molar-refractivity contribution in [2.45, 2.75) is 38.4 Å². The van der Waals surface area contributed by atoms with Crippen LogP contribution < -0.4 is 4.31 Å². The Morgan fingerprint density at radius 1 is 1.25 bits per heavy atom. The average molecular weight is 365 g/mol. The Morgan fingerprint density at radius 2 is 2.00 bits per heavy atom. The Labute approximate surface area is 148 Å². The monoisotopic (exact) mass is 364 g/mol. The van der Waals surface area contributed by atoms with E-state index in [1.165, 1.54) is 4.31 Å². The average Bonchev–Trinajstić information content (AvgIpc) is 2.64. The van der Waals surface area contributed by atoms with E-state index in [2.05, 4.69) is 12.2 Å². The van der Waals surface area contributed by atoms with Crippen molar-refractivity contribution >= 4 is 27.3 Å². The van der Waals surface area contributed by atoms with Crippen LogP contribution in [0.15, 0.2) is 24.3 Å². The molecule has 0 aromatic heterocycles. The lowest BCUT2D eigenvalue weighted by Gasteiger charge is -2.30. The van der Waals surface area contributed by atoms with Crippen LogP contribution in [0.1, 0.15) is 37.3 Å². The van der Waals surface area contributed by atoms with Crippen LogP contribution in [0.2, 0.25) is 5.02 Å². The first kappa shape index (κ1) is 17.3. The maximum atomic E-state index is 13.2. The molecule has 0 amide bonds. The van der Waals surface area contributed by atoms with Crippen LogP contribution in [0.25, 0.3) is 0 Å². The first-order valence-corrected chi connectivity index (χ1v) is 10.1. The molecule has 1 aliphatic carbocycles. The Hall–Kier alpha value is -1.51. The highest BCUT2D eigenvalue weighted by Gasteiger charge is 2.37. The maximum Gasteiger partial charge on any atom is 0.238 e. The summed E-state index contributed by atoms with van der Waals surface area (Å²) < 4.78 is 28.0. The predicted octanol–water partition coefficient (Wildman–Crippen LogP) is 4.03.